The van der Waals surface area contributed by atoms with Crippen LogP contribution in [0, 0.1) is 11.8 Å². The molecule has 0 unspecified atom stereocenters. The number of fused-ring (bicyclic) bond motifs is 3. The van der Waals surface area contributed by atoms with Crippen molar-refractivity contribution in [1.82, 2.24) is 0 Å². The van der Waals surface area contributed by atoms with E-state index in [4.69, 9.17) is 9.47 Å². The number of ether oxygens (including phenoxy) is 2. The summed E-state index contributed by atoms with van der Waals surface area (Å²) < 4.78 is 11.1. The van der Waals surface area contributed by atoms with Crippen molar-refractivity contribution in [2.24, 2.45) is 11.8 Å². The number of ketones is 1. The van der Waals surface area contributed by atoms with E-state index in [9.17, 15) is 19.8 Å². The lowest BCUT2D eigenvalue weighted by molar-refractivity contribution is -0.210. The molecule has 0 radical (unpaired) electrons. The van der Waals surface area contributed by atoms with Gasteiger partial charge in [-0.3, -0.25) is 4.79 Å². The second kappa shape index (κ2) is 6.21. The second-order valence-corrected chi connectivity index (χ2v) is 7.44. The van der Waals surface area contributed by atoms with Crippen LogP contribution in [0.2, 0.25) is 0 Å². The summed E-state index contributed by atoms with van der Waals surface area (Å²) in [5.41, 5.74) is 1.75. The van der Waals surface area contributed by atoms with Crippen molar-refractivity contribution < 1.29 is 29.3 Å². The van der Waals surface area contributed by atoms with Crippen molar-refractivity contribution in [2.45, 2.75) is 51.6 Å². The molecule has 0 saturated carbocycles. The monoisotopic (exact) mass is 360 g/mol. The van der Waals surface area contributed by atoms with Crippen molar-refractivity contribution in [3.63, 3.8) is 0 Å². The van der Waals surface area contributed by atoms with Crippen molar-refractivity contribution in [1.29, 1.82) is 0 Å². The minimum atomic E-state index is -2.27. The topological polar surface area (TPSA) is 93.1 Å². The Morgan fingerprint density at radius 3 is 2.50 bits per heavy atom. The molecule has 3 rings (SSSR count). The molecule has 0 saturated heterocycles. The number of carbonyl (C=O) groups excluding carboxylic acids is 2. The van der Waals surface area contributed by atoms with Crippen LogP contribution in [0.5, 0.6) is 0 Å². The smallest absolute Gasteiger partial charge is 0.334 e. The largest absolute Gasteiger partial charge is 0.455 e. The molecule has 2 N–H and O–H groups in total. The number of aliphatic hydroxyl groups is 2. The summed E-state index contributed by atoms with van der Waals surface area (Å²) in [4.78, 5) is 25.1. The number of aliphatic hydroxyl groups excluding tert-OH is 1. The summed E-state index contributed by atoms with van der Waals surface area (Å²) in [5.74, 6) is -4.77. The molecule has 0 fully saturated rings. The number of hydrogen-bond donors (Lipinski definition) is 2. The predicted molar refractivity (Wildman–Crippen MR) is 93.6 cm³/mol. The molecule has 3 heterocycles. The molecule has 0 spiro atoms. The van der Waals surface area contributed by atoms with Gasteiger partial charge in [0, 0.05) is 17.1 Å². The Bertz CT molecular complexity index is 773. The normalized spacial score (nSPS) is 36.9. The Balaban J connectivity index is 2.15. The van der Waals surface area contributed by atoms with Gasteiger partial charge in [0.2, 0.25) is 5.78 Å². The third-order valence-corrected chi connectivity index (χ3v) is 5.46. The molecule has 0 amide bonds. The zero-order valence-corrected chi connectivity index (χ0v) is 15.2. The van der Waals surface area contributed by atoms with Crippen LogP contribution in [0.15, 0.2) is 47.3 Å². The van der Waals surface area contributed by atoms with Crippen molar-refractivity contribution in [3.05, 3.63) is 47.3 Å². The molecule has 0 aromatic rings. The molecule has 6 nitrogen and oxygen atoms in total. The van der Waals surface area contributed by atoms with E-state index in [-0.39, 0.29) is 11.3 Å². The summed E-state index contributed by atoms with van der Waals surface area (Å²) in [5, 5.41) is 22.0. The van der Waals surface area contributed by atoms with Gasteiger partial charge in [0.15, 0.2) is 0 Å². The molecule has 3 aliphatic rings. The first-order chi connectivity index (χ1) is 12.1. The van der Waals surface area contributed by atoms with E-state index in [1.54, 1.807) is 19.9 Å². The first kappa shape index (κ1) is 18.6. The zero-order chi connectivity index (χ0) is 19.4. The first-order valence-electron chi connectivity index (χ1n) is 8.65. The summed E-state index contributed by atoms with van der Waals surface area (Å²) in [6, 6.07) is 0. The van der Waals surface area contributed by atoms with Crippen LogP contribution in [0.1, 0.15) is 33.6 Å². The van der Waals surface area contributed by atoms with Gasteiger partial charge in [-0.15, -0.1) is 0 Å². The van der Waals surface area contributed by atoms with Gasteiger partial charge < -0.3 is 19.7 Å². The zero-order valence-electron chi connectivity index (χ0n) is 15.2. The fourth-order valence-corrected chi connectivity index (χ4v) is 4.01. The Kier molecular flexibility index (Phi) is 4.45. The molecule has 0 aromatic heterocycles. The third kappa shape index (κ3) is 2.64. The number of hydrogen-bond acceptors (Lipinski definition) is 6. The van der Waals surface area contributed by atoms with Gasteiger partial charge in [0.05, 0.1) is 5.92 Å². The molecule has 4 bridgehead atoms. The Morgan fingerprint density at radius 1 is 1.27 bits per heavy atom. The van der Waals surface area contributed by atoms with Crippen LogP contribution < -0.4 is 0 Å². The Hall–Kier alpha value is -2.18. The fourth-order valence-electron chi connectivity index (χ4n) is 4.01. The predicted octanol–water partition coefficient (Wildman–Crippen LogP) is 1.94. The maximum Gasteiger partial charge on any atom is 0.334 e. The highest BCUT2D eigenvalue weighted by Crippen LogP contribution is 2.45. The van der Waals surface area contributed by atoms with E-state index in [0.29, 0.717) is 29.6 Å². The number of rotatable bonds is 2. The summed E-state index contributed by atoms with van der Waals surface area (Å²) in [7, 11) is 0. The summed E-state index contributed by atoms with van der Waals surface area (Å²) >= 11 is 0. The molecule has 3 aliphatic heterocycles. The van der Waals surface area contributed by atoms with Gasteiger partial charge >= 0.3 is 5.97 Å². The average molecular weight is 360 g/mol. The van der Waals surface area contributed by atoms with Gasteiger partial charge in [-0.05, 0) is 39.7 Å². The van der Waals surface area contributed by atoms with E-state index in [1.807, 2.05) is 0 Å². The number of esters is 1. The standard InChI is InChI=1S/C20H24O6/c1-9(2)13-7-6-12-8-14(25-19(12)23)15(10(3)4)20(24)18(22)11(5)17(26-20)16(13)21/h8,13-16,21,24H,1,3,6-7H2,2,4-5H3/t13-,14+,15+,16+,20-/m0/s1. The first-order valence-corrected chi connectivity index (χ1v) is 8.65. The summed E-state index contributed by atoms with van der Waals surface area (Å²) in [6.07, 6.45) is 0.468. The molecule has 140 valence electrons. The number of Topliss-reactive ketones (excluding diaryl/α,β-unsaturated/α-hetero) is 1. The van der Waals surface area contributed by atoms with Crippen LogP contribution in [0.3, 0.4) is 0 Å². The lowest BCUT2D eigenvalue weighted by Crippen LogP contribution is -2.50. The molecule has 0 aromatic carbocycles. The van der Waals surface area contributed by atoms with E-state index in [0.717, 1.165) is 0 Å². The minimum Gasteiger partial charge on any atom is -0.455 e. The van der Waals surface area contributed by atoms with Gasteiger partial charge in [-0.1, -0.05) is 24.3 Å². The third-order valence-electron chi connectivity index (χ3n) is 5.46. The van der Waals surface area contributed by atoms with Crippen LogP contribution in [0.4, 0.5) is 0 Å². The molecule has 26 heavy (non-hydrogen) atoms. The van der Waals surface area contributed by atoms with Gasteiger partial charge in [0.25, 0.3) is 5.79 Å². The van der Waals surface area contributed by atoms with E-state index < -0.39 is 41.6 Å². The highest BCUT2D eigenvalue weighted by atomic mass is 16.6. The fraction of sp³-hybridized carbons (Fsp3) is 0.500. The Labute approximate surface area is 152 Å². The quantitative estimate of drug-likeness (QED) is 0.577. The molecule has 6 heteroatoms. The van der Waals surface area contributed by atoms with Crippen LogP contribution in [0.25, 0.3) is 0 Å². The van der Waals surface area contributed by atoms with Crippen molar-refractivity contribution in [3.8, 4) is 0 Å². The molecular weight excluding hydrogens is 336 g/mol. The van der Waals surface area contributed by atoms with E-state index in [2.05, 4.69) is 13.2 Å². The SMILES string of the molecule is C=C(C)[C@@H]1[C@H]2C=C(CC[C@@H](C(=C)C)[C@@H](O)C3=C(C)C(=O)[C@@]1(O)O3)C(=O)O2. The second-order valence-electron chi connectivity index (χ2n) is 7.44. The highest BCUT2D eigenvalue weighted by molar-refractivity contribution is 6.03. The van der Waals surface area contributed by atoms with Crippen LogP contribution >= 0.6 is 0 Å². The maximum absolute atomic E-state index is 12.8. The van der Waals surface area contributed by atoms with Crippen molar-refractivity contribution >= 4 is 11.8 Å². The maximum atomic E-state index is 12.8. The molecule has 0 aliphatic carbocycles. The van der Waals surface area contributed by atoms with Crippen LogP contribution in [-0.2, 0) is 19.1 Å². The molecular formula is C20H24O6. The lowest BCUT2D eigenvalue weighted by Gasteiger charge is -2.35. The van der Waals surface area contributed by atoms with Crippen LogP contribution in [-0.4, -0.2) is 40.0 Å². The minimum absolute atomic E-state index is 0.0471. The summed E-state index contributed by atoms with van der Waals surface area (Å²) in [6.45, 7) is 12.7. The molecule has 5 atom stereocenters. The lowest BCUT2D eigenvalue weighted by atomic mass is 9.82. The number of carbonyl (C=O) groups is 2. The Morgan fingerprint density at radius 2 is 1.92 bits per heavy atom. The highest BCUT2D eigenvalue weighted by Gasteiger charge is 2.58. The van der Waals surface area contributed by atoms with Crippen molar-refractivity contribution in [2.75, 3.05) is 0 Å². The average Bonchev–Trinajstić information content (AvgIpc) is 2.99. The van der Waals surface area contributed by atoms with Gasteiger partial charge in [-0.25, -0.2) is 4.79 Å². The van der Waals surface area contributed by atoms with E-state index >= 15 is 0 Å². The van der Waals surface area contributed by atoms with Gasteiger partial charge in [-0.2, -0.15) is 0 Å². The van der Waals surface area contributed by atoms with E-state index in [1.165, 1.54) is 6.92 Å². The van der Waals surface area contributed by atoms with Gasteiger partial charge in [0.1, 0.15) is 18.0 Å².